The number of nitrogens with two attached hydrogens (primary N) is 1. The van der Waals surface area contributed by atoms with Gasteiger partial charge >= 0.3 is 0 Å². The van der Waals surface area contributed by atoms with Crippen LogP contribution in [0.2, 0.25) is 0 Å². The van der Waals surface area contributed by atoms with E-state index in [1.54, 1.807) is 0 Å². The molecule has 1 aromatic heterocycles. The Kier molecular flexibility index (Phi) is 3.78. The molecule has 4 N–H and O–H groups in total. The number of rotatable bonds is 4. The molecule has 0 aromatic carbocycles. The maximum absolute atomic E-state index is 5.40. The summed E-state index contributed by atoms with van der Waals surface area (Å²) in [6.45, 7) is 4.34. The Morgan fingerprint density at radius 1 is 1.35 bits per heavy atom. The quantitative estimate of drug-likeness (QED) is 0.549. The lowest BCUT2D eigenvalue weighted by atomic mass is 10.1. The third kappa shape index (κ3) is 3.06. The molecule has 1 heterocycles. The number of nitrogen functional groups attached to an aromatic ring is 1. The fourth-order valence-corrected chi connectivity index (χ4v) is 2.35. The Bertz CT molecular complexity index is 357. The van der Waals surface area contributed by atoms with Gasteiger partial charge in [0.2, 0.25) is 0 Å². The minimum Gasteiger partial charge on any atom is -0.367 e. The van der Waals surface area contributed by atoms with E-state index in [2.05, 4.69) is 27.6 Å². The zero-order valence-electron chi connectivity index (χ0n) is 10.5. The molecule has 0 amide bonds. The number of aryl methyl sites for hydroxylation is 1. The third-order valence-corrected chi connectivity index (χ3v) is 3.28. The van der Waals surface area contributed by atoms with Crippen molar-refractivity contribution < 1.29 is 0 Å². The topological polar surface area (TPSA) is 75.9 Å². The van der Waals surface area contributed by atoms with Crippen molar-refractivity contribution in [3.8, 4) is 0 Å². The number of hydrazine groups is 1. The molecule has 94 valence electrons. The lowest BCUT2D eigenvalue weighted by Crippen LogP contribution is -2.18. The van der Waals surface area contributed by atoms with Crippen LogP contribution >= 0.6 is 0 Å². The second kappa shape index (κ2) is 5.31. The second-order valence-corrected chi connectivity index (χ2v) is 4.81. The summed E-state index contributed by atoms with van der Waals surface area (Å²) >= 11 is 0. The molecule has 2 atom stereocenters. The number of anilines is 2. The number of hydrogen-bond acceptors (Lipinski definition) is 5. The summed E-state index contributed by atoms with van der Waals surface area (Å²) in [4.78, 5) is 8.74. The molecule has 0 radical (unpaired) electrons. The van der Waals surface area contributed by atoms with Gasteiger partial charge in [0.25, 0.3) is 0 Å². The third-order valence-electron chi connectivity index (χ3n) is 3.28. The SMILES string of the molecule is CCc1nc(NN)cc(NC2CCC(C)C2)n1. The summed E-state index contributed by atoms with van der Waals surface area (Å²) in [7, 11) is 0. The fraction of sp³-hybridized carbons (Fsp3) is 0.667. The van der Waals surface area contributed by atoms with E-state index < -0.39 is 0 Å². The van der Waals surface area contributed by atoms with Crippen molar-refractivity contribution in [2.45, 2.75) is 45.6 Å². The highest BCUT2D eigenvalue weighted by atomic mass is 15.3. The van der Waals surface area contributed by atoms with E-state index in [0.717, 1.165) is 24.0 Å². The molecule has 2 unspecified atom stereocenters. The number of nitrogens with zero attached hydrogens (tertiary/aromatic N) is 2. The molecule has 1 aliphatic rings. The van der Waals surface area contributed by atoms with E-state index in [1.165, 1.54) is 19.3 Å². The zero-order valence-corrected chi connectivity index (χ0v) is 10.5. The molecule has 2 rings (SSSR count). The van der Waals surface area contributed by atoms with Crippen LogP contribution in [0.5, 0.6) is 0 Å². The molecule has 1 aromatic rings. The Morgan fingerprint density at radius 3 is 2.71 bits per heavy atom. The van der Waals surface area contributed by atoms with E-state index >= 15 is 0 Å². The van der Waals surface area contributed by atoms with Crippen LogP contribution in [-0.2, 0) is 6.42 Å². The van der Waals surface area contributed by atoms with Crippen LogP contribution in [0.4, 0.5) is 11.6 Å². The van der Waals surface area contributed by atoms with Crippen LogP contribution in [0, 0.1) is 5.92 Å². The van der Waals surface area contributed by atoms with Gasteiger partial charge in [-0.3, -0.25) is 0 Å². The first-order valence-electron chi connectivity index (χ1n) is 6.32. The molecule has 0 spiro atoms. The van der Waals surface area contributed by atoms with Crippen molar-refractivity contribution in [2.75, 3.05) is 10.7 Å². The molecular weight excluding hydrogens is 214 g/mol. The van der Waals surface area contributed by atoms with Crippen molar-refractivity contribution in [1.82, 2.24) is 9.97 Å². The van der Waals surface area contributed by atoms with Crippen molar-refractivity contribution in [3.63, 3.8) is 0 Å². The molecule has 1 fully saturated rings. The van der Waals surface area contributed by atoms with Crippen LogP contribution in [0.25, 0.3) is 0 Å². The van der Waals surface area contributed by atoms with Gasteiger partial charge in [-0.05, 0) is 25.2 Å². The van der Waals surface area contributed by atoms with Crippen LogP contribution in [0.1, 0.15) is 38.9 Å². The van der Waals surface area contributed by atoms with Gasteiger partial charge in [-0.2, -0.15) is 0 Å². The zero-order chi connectivity index (χ0) is 12.3. The summed E-state index contributed by atoms with van der Waals surface area (Å²) in [5.41, 5.74) is 2.58. The van der Waals surface area contributed by atoms with E-state index in [4.69, 9.17) is 5.84 Å². The molecule has 0 saturated heterocycles. The van der Waals surface area contributed by atoms with E-state index in [9.17, 15) is 0 Å². The molecule has 5 nitrogen and oxygen atoms in total. The van der Waals surface area contributed by atoms with Gasteiger partial charge in [0.1, 0.15) is 17.5 Å². The summed E-state index contributed by atoms with van der Waals surface area (Å²) in [5.74, 6) is 8.58. The second-order valence-electron chi connectivity index (χ2n) is 4.81. The Labute approximate surface area is 102 Å². The van der Waals surface area contributed by atoms with E-state index in [1.807, 2.05) is 13.0 Å². The Morgan fingerprint density at radius 2 is 2.12 bits per heavy atom. The summed E-state index contributed by atoms with van der Waals surface area (Å²) < 4.78 is 0. The van der Waals surface area contributed by atoms with Gasteiger partial charge in [-0.25, -0.2) is 15.8 Å². The maximum Gasteiger partial charge on any atom is 0.145 e. The van der Waals surface area contributed by atoms with Gasteiger partial charge in [0.05, 0.1) is 0 Å². The van der Waals surface area contributed by atoms with Gasteiger partial charge in [0.15, 0.2) is 0 Å². The summed E-state index contributed by atoms with van der Waals surface area (Å²) in [6.07, 6.45) is 4.55. The fourth-order valence-electron chi connectivity index (χ4n) is 2.35. The highest BCUT2D eigenvalue weighted by Gasteiger charge is 2.21. The molecule has 0 bridgehead atoms. The highest BCUT2D eigenvalue weighted by Crippen LogP contribution is 2.27. The normalized spacial score (nSPS) is 23.7. The molecule has 0 aliphatic heterocycles. The minimum atomic E-state index is 0.537. The molecule has 1 saturated carbocycles. The van der Waals surface area contributed by atoms with Crippen molar-refractivity contribution in [2.24, 2.45) is 11.8 Å². The molecule has 17 heavy (non-hydrogen) atoms. The minimum absolute atomic E-state index is 0.537. The standard InChI is InChI=1S/C12H21N5/c1-3-10-15-11(7-12(16-10)17-13)14-9-5-4-8(2)6-9/h7-9H,3-6,13H2,1-2H3,(H2,14,15,16,17). The van der Waals surface area contributed by atoms with Gasteiger partial charge in [-0.1, -0.05) is 13.8 Å². The van der Waals surface area contributed by atoms with Gasteiger partial charge in [0, 0.05) is 18.5 Å². The lowest BCUT2D eigenvalue weighted by molar-refractivity contribution is 0.602. The van der Waals surface area contributed by atoms with Crippen LogP contribution in [0.15, 0.2) is 6.07 Å². The summed E-state index contributed by atoms with van der Waals surface area (Å²) in [5, 5.41) is 3.47. The maximum atomic E-state index is 5.40. The molecule has 1 aliphatic carbocycles. The number of aromatic nitrogens is 2. The first-order valence-corrected chi connectivity index (χ1v) is 6.32. The molecule has 5 heteroatoms. The van der Waals surface area contributed by atoms with Crippen molar-refractivity contribution in [1.29, 1.82) is 0 Å². The van der Waals surface area contributed by atoms with Crippen molar-refractivity contribution >= 4 is 11.6 Å². The van der Waals surface area contributed by atoms with Crippen molar-refractivity contribution in [3.05, 3.63) is 11.9 Å². The predicted octanol–water partition coefficient (Wildman–Crippen LogP) is 1.93. The average Bonchev–Trinajstić information content (AvgIpc) is 2.74. The lowest BCUT2D eigenvalue weighted by Gasteiger charge is -2.14. The van der Waals surface area contributed by atoms with E-state index in [0.29, 0.717) is 11.9 Å². The largest absolute Gasteiger partial charge is 0.367 e. The predicted molar refractivity (Wildman–Crippen MR) is 69.6 cm³/mol. The highest BCUT2D eigenvalue weighted by molar-refractivity contribution is 5.47. The van der Waals surface area contributed by atoms with Gasteiger partial charge in [-0.15, -0.1) is 0 Å². The number of nitrogens with one attached hydrogen (secondary N) is 2. The Hall–Kier alpha value is -1.36. The van der Waals surface area contributed by atoms with Gasteiger partial charge < -0.3 is 10.7 Å². The van der Waals surface area contributed by atoms with Crippen LogP contribution in [0.3, 0.4) is 0 Å². The van der Waals surface area contributed by atoms with Crippen LogP contribution < -0.4 is 16.6 Å². The average molecular weight is 235 g/mol. The van der Waals surface area contributed by atoms with E-state index in [-0.39, 0.29) is 0 Å². The molecular formula is C12H21N5. The summed E-state index contributed by atoms with van der Waals surface area (Å²) in [6, 6.07) is 2.40. The monoisotopic (exact) mass is 235 g/mol. The first kappa shape index (κ1) is 12.1. The Balaban J connectivity index is 2.09. The first-order chi connectivity index (χ1) is 8.21. The smallest absolute Gasteiger partial charge is 0.145 e. The van der Waals surface area contributed by atoms with Crippen LogP contribution in [-0.4, -0.2) is 16.0 Å². The number of hydrogen-bond donors (Lipinski definition) is 3.